The Labute approximate surface area is 288 Å². The minimum absolute atomic E-state index is 0.0487. The summed E-state index contributed by atoms with van der Waals surface area (Å²) in [5.74, 6) is 0.380. The van der Waals surface area contributed by atoms with E-state index in [-0.39, 0.29) is 11.6 Å². The van der Waals surface area contributed by atoms with Gasteiger partial charge in [0.2, 0.25) is 5.91 Å². The third-order valence-corrected chi connectivity index (χ3v) is 8.58. The molecule has 1 atom stereocenters. The van der Waals surface area contributed by atoms with Crippen molar-refractivity contribution in [2.45, 2.75) is 24.0 Å². The van der Waals surface area contributed by atoms with E-state index < -0.39 is 17.1 Å². The minimum atomic E-state index is -0.589. The monoisotopic (exact) mass is 689 g/mol. The van der Waals surface area contributed by atoms with Gasteiger partial charge in [-0.05, 0) is 68.0 Å². The second kappa shape index (κ2) is 16.6. The van der Waals surface area contributed by atoms with Crippen molar-refractivity contribution in [3.05, 3.63) is 106 Å². The van der Waals surface area contributed by atoms with Gasteiger partial charge >= 0.3 is 0 Å². The van der Waals surface area contributed by atoms with E-state index >= 15 is 0 Å². The van der Waals surface area contributed by atoms with Crippen LogP contribution < -0.4 is 34.9 Å². The number of methoxy groups -OCH3 is 4. The van der Waals surface area contributed by atoms with Crippen LogP contribution in [0.1, 0.15) is 28.4 Å². The van der Waals surface area contributed by atoms with Gasteiger partial charge in [0, 0.05) is 38.9 Å². The molecule has 0 aliphatic rings. The zero-order chi connectivity index (χ0) is 34.8. The van der Waals surface area contributed by atoms with E-state index in [2.05, 4.69) is 16.0 Å². The fourth-order valence-corrected chi connectivity index (χ4v) is 5.61. The highest BCUT2D eigenvalue weighted by Gasteiger charge is 2.20. The number of benzene rings is 4. The molecule has 0 spiro atoms. The van der Waals surface area contributed by atoms with E-state index in [1.165, 1.54) is 46.3 Å². The SMILES string of the molecule is COc1cc(OC)c(OC)cc1/C=C(/NC(=O)c1ccccc1)C(=O)Nc1cccc(SC(C)C(=O)Nc2cc(C)c(Cl)cc2OC)c1. The number of aryl methyl sites for hydroxylation is 1. The largest absolute Gasteiger partial charge is 0.496 e. The van der Waals surface area contributed by atoms with E-state index in [9.17, 15) is 14.4 Å². The lowest BCUT2D eigenvalue weighted by atomic mass is 10.1. The Morgan fingerprint density at radius 1 is 0.771 bits per heavy atom. The highest BCUT2D eigenvalue weighted by atomic mass is 35.5. The summed E-state index contributed by atoms with van der Waals surface area (Å²) in [4.78, 5) is 40.7. The maximum atomic E-state index is 13.7. The molecule has 3 N–H and O–H groups in total. The first-order chi connectivity index (χ1) is 23.1. The molecule has 0 saturated heterocycles. The molecule has 1 unspecified atom stereocenters. The standard InChI is InChI=1S/C36H36ClN3O7S/c1-21-15-28(31(45-4)19-27(21)37)39-34(41)22(2)48-26-14-10-13-25(18-26)38-36(43)29(40-35(42)23-11-8-7-9-12-23)16-24-17-32(46-5)33(47-6)20-30(24)44-3/h7-20,22H,1-6H3,(H,38,43)(H,39,41)(H,40,42)/b29-16+. The third kappa shape index (κ3) is 9.02. The molecule has 48 heavy (non-hydrogen) atoms. The lowest BCUT2D eigenvalue weighted by Gasteiger charge is -2.16. The van der Waals surface area contributed by atoms with Crippen molar-refractivity contribution in [2.75, 3.05) is 39.1 Å². The summed E-state index contributed by atoms with van der Waals surface area (Å²) in [7, 11) is 5.99. The Bertz CT molecular complexity index is 1830. The first-order valence-corrected chi connectivity index (χ1v) is 15.9. The van der Waals surface area contributed by atoms with Crippen molar-refractivity contribution in [2.24, 2.45) is 0 Å². The average Bonchev–Trinajstić information content (AvgIpc) is 3.09. The Hall–Kier alpha value is -5.13. The molecule has 12 heteroatoms. The molecule has 0 saturated carbocycles. The van der Waals surface area contributed by atoms with Crippen molar-refractivity contribution < 1.29 is 33.3 Å². The van der Waals surface area contributed by atoms with Gasteiger partial charge in [-0.3, -0.25) is 14.4 Å². The maximum absolute atomic E-state index is 13.7. The van der Waals surface area contributed by atoms with Crippen LogP contribution in [0.25, 0.3) is 6.08 Å². The number of hydrogen-bond donors (Lipinski definition) is 3. The van der Waals surface area contributed by atoms with E-state index in [1.807, 2.05) is 13.0 Å². The molecule has 0 bridgehead atoms. The van der Waals surface area contributed by atoms with Gasteiger partial charge in [-0.1, -0.05) is 35.9 Å². The van der Waals surface area contributed by atoms with Crippen LogP contribution in [0.3, 0.4) is 0 Å². The first-order valence-electron chi connectivity index (χ1n) is 14.7. The summed E-state index contributed by atoms with van der Waals surface area (Å²) < 4.78 is 21.7. The second-order valence-electron chi connectivity index (χ2n) is 10.4. The quantitative estimate of drug-likeness (QED) is 0.0994. The van der Waals surface area contributed by atoms with Crippen LogP contribution in [0.15, 0.2) is 89.5 Å². The number of hydrogen-bond acceptors (Lipinski definition) is 8. The van der Waals surface area contributed by atoms with Gasteiger partial charge in [0.25, 0.3) is 11.8 Å². The summed E-state index contributed by atoms with van der Waals surface area (Å²) in [6.07, 6.45) is 1.49. The highest BCUT2D eigenvalue weighted by Crippen LogP contribution is 2.36. The molecule has 4 aromatic rings. The number of anilines is 2. The van der Waals surface area contributed by atoms with Crippen molar-refractivity contribution >= 4 is 58.5 Å². The Balaban J connectivity index is 1.57. The number of ether oxygens (including phenoxy) is 4. The minimum Gasteiger partial charge on any atom is -0.496 e. The van der Waals surface area contributed by atoms with Gasteiger partial charge in [0.05, 0.1) is 39.4 Å². The van der Waals surface area contributed by atoms with Crippen LogP contribution in [0, 0.1) is 6.92 Å². The molecule has 3 amide bonds. The second-order valence-corrected chi connectivity index (χ2v) is 12.2. The lowest BCUT2D eigenvalue weighted by Crippen LogP contribution is -2.30. The number of carbonyl (C=O) groups is 3. The summed E-state index contributed by atoms with van der Waals surface area (Å²) in [5, 5.41) is 8.51. The Kier molecular flexibility index (Phi) is 12.4. The molecule has 4 rings (SSSR count). The van der Waals surface area contributed by atoms with Gasteiger partial charge < -0.3 is 34.9 Å². The number of rotatable bonds is 13. The van der Waals surface area contributed by atoms with Crippen molar-refractivity contribution in [1.29, 1.82) is 0 Å². The molecule has 10 nitrogen and oxygen atoms in total. The molecule has 250 valence electrons. The van der Waals surface area contributed by atoms with Gasteiger partial charge in [0.15, 0.2) is 11.5 Å². The predicted molar refractivity (Wildman–Crippen MR) is 190 cm³/mol. The number of nitrogens with one attached hydrogen (secondary N) is 3. The molecule has 0 aromatic heterocycles. The van der Waals surface area contributed by atoms with Crippen LogP contribution >= 0.6 is 23.4 Å². The molecule has 0 radical (unpaired) electrons. The van der Waals surface area contributed by atoms with Crippen molar-refractivity contribution in [1.82, 2.24) is 5.32 Å². The normalized spacial score (nSPS) is 11.6. The number of carbonyl (C=O) groups excluding carboxylic acids is 3. The third-order valence-electron chi connectivity index (χ3n) is 7.08. The molecule has 0 heterocycles. The van der Waals surface area contributed by atoms with Gasteiger partial charge in [-0.15, -0.1) is 11.8 Å². The van der Waals surface area contributed by atoms with E-state index in [4.69, 9.17) is 30.5 Å². The predicted octanol–water partition coefficient (Wildman–Crippen LogP) is 7.21. The molecular weight excluding hydrogens is 654 g/mol. The number of halogens is 1. The van der Waals surface area contributed by atoms with Gasteiger partial charge in [-0.2, -0.15) is 0 Å². The fraction of sp³-hybridized carbons (Fsp3) is 0.194. The first kappa shape index (κ1) is 35.7. The van der Waals surface area contributed by atoms with E-state index in [0.29, 0.717) is 50.5 Å². The van der Waals surface area contributed by atoms with E-state index in [0.717, 1.165) is 10.5 Å². The maximum Gasteiger partial charge on any atom is 0.272 e. The van der Waals surface area contributed by atoms with Crippen LogP contribution in [0.4, 0.5) is 11.4 Å². The van der Waals surface area contributed by atoms with Crippen molar-refractivity contribution in [3.8, 4) is 23.0 Å². The van der Waals surface area contributed by atoms with Crippen LogP contribution in [-0.4, -0.2) is 51.4 Å². The van der Waals surface area contributed by atoms with E-state index in [1.54, 1.807) is 79.7 Å². The Morgan fingerprint density at radius 2 is 1.44 bits per heavy atom. The average molecular weight is 690 g/mol. The molecule has 0 aliphatic carbocycles. The van der Waals surface area contributed by atoms with Gasteiger partial charge in [-0.25, -0.2) is 0 Å². The van der Waals surface area contributed by atoms with Crippen LogP contribution in [-0.2, 0) is 9.59 Å². The summed E-state index contributed by atoms with van der Waals surface area (Å²) in [6, 6.07) is 22.3. The topological polar surface area (TPSA) is 124 Å². The summed E-state index contributed by atoms with van der Waals surface area (Å²) >= 11 is 7.51. The zero-order valence-corrected chi connectivity index (χ0v) is 28.9. The van der Waals surface area contributed by atoms with Gasteiger partial charge in [0.1, 0.15) is 17.2 Å². The molecule has 0 fully saturated rings. The number of thioether (sulfide) groups is 1. The summed E-state index contributed by atoms with van der Waals surface area (Å²) in [6.45, 7) is 3.62. The zero-order valence-electron chi connectivity index (χ0n) is 27.3. The number of amides is 3. The molecular formula is C36H36ClN3O7S. The highest BCUT2D eigenvalue weighted by molar-refractivity contribution is 8.00. The van der Waals surface area contributed by atoms with Crippen LogP contribution in [0.2, 0.25) is 5.02 Å². The molecule has 4 aromatic carbocycles. The summed E-state index contributed by atoms with van der Waals surface area (Å²) in [5.41, 5.74) is 2.55. The van der Waals surface area contributed by atoms with Crippen LogP contribution in [0.5, 0.6) is 23.0 Å². The van der Waals surface area contributed by atoms with Crippen molar-refractivity contribution in [3.63, 3.8) is 0 Å². The lowest BCUT2D eigenvalue weighted by molar-refractivity contribution is -0.115. The Morgan fingerprint density at radius 3 is 2.10 bits per heavy atom. The smallest absolute Gasteiger partial charge is 0.272 e. The fourth-order valence-electron chi connectivity index (χ4n) is 4.53. The molecule has 0 aliphatic heterocycles.